The van der Waals surface area contributed by atoms with Crippen LogP contribution in [0.2, 0.25) is 0 Å². The molecule has 0 unspecified atom stereocenters. The van der Waals surface area contributed by atoms with E-state index in [0.29, 0.717) is 11.7 Å². The van der Waals surface area contributed by atoms with Gasteiger partial charge in [0.2, 0.25) is 0 Å². The maximum Gasteiger partial charge on any atom is 0.358 e. The van der Waals surface area contributed by atoms with E-state index in [0.717, 1.165) is 11.1 Å². The number of carbonyl (C=O) groups is 2. The highest BCUT2D eigenvalue weighted by molar-refractivity contribution is 7.13. The standard InChI is InChI=1S/C22H21N3O3S/c1-2-13-23-22-24-18(15-29-22)21(27)28-14-19(26)25-20(16-9-5-3-6-10-16)17-11-7-4-8-12-17/h2-12,15,20H,1,13-14H2,(H,23,24)(H,25,26). The normalized spacial score (nSPS) is 10.4. The van der Waals surface area contributed by atoms with Crippen molar-refractivity contribution in [2.75, 3.05) is 18.5 Å². The van der Waals surface area contributed by atoms with Crippen molar-refractivity contribution in [2.24, 2.45) is 0 Å². The van der Waals surface area contributed by atoms with Crippen LogP contribution >= 0.6 is 11.3 Å². The van der Waals surface area contributed by atoms with E-state index in [1.807, 2.05) is 60.7 Å². The van der Waals surface area contributed by atoms with Crippen LogP contribution in [0.3, 0.4) is 0 Å². The third-order valence-corrected chi connectivity index (χ3v) is 4.82. The van der Waals surface area contributed by atoms with Gasteiger partial charge in [0, 0.05) is 11.9 Å². The van der Waals surface area contributed by atoms with Crippen LogP contribution < -0.4 is 10.6 Å². The molecule has 0 radical (unpaired) electrons. The molecule has 0 fully saturated rings. The average Bonchev–Trinajstić information content (AvgIpc) is 3.24. The van der Waals surface area contributed by atoms with Crippen molar-refractivity contribution in [1.29, 1.82) is 0 Å². The minimum absolute atomic E-state index is 0.164. The Morgan fingerprint density at radius 1 is 1.07 bits per heavy atom. The minimum atomic E-state index is -0.640. The number of carbonyl (C=O) groups excluding carboxylic acids is 2. The highest BCUT2D eigenvalue weighted by Gasteiger charge is 2.19. The van der Waals surface area contributed by atoms with E-state index < -0.39 is 11.9 Å². The molecule has 3 aromatic rings. The molecule has 0 aliphatic heterocycles. The first-order valence-corrected chi connectivity index (χ1v) is 9.92. The maximum atomic E-state index is 12.5. The van der Waals surface area contributed by atoms with Crippen LogP contribution in [-0.4, -0.2) is 30.0 Å². The molecule has 1 amide bonds. The van der Waals surface area contributed by atoms with Crippen LogP contribution in [-0.2, 0) is 9.53 Å². The van der Waals surface area contributed by atoms with Gasteiger partial charge in [-0.3, -0.25) is 4.79 Å². The molecule has 148 valence electrons. The zero-order valence-electron chi connectivity index (χ0n) is 15.7. The first-order valence-electron chi connectivity index (χ1n) is 9.04. The monoisotopic (exact) mass is 407 g/mol. The van der Waals surface area contributed by atoms with Crippen molar-refractivity contribution in [3.63, 3.8) is 0 Å². The summed E-state index contributed by atoms with van der Waals surface area (Å²) in [6.07, 6.45) is 1.69. The topological polar surface area (TPSA) is 80.3 Å². The summed E-state index contributed by atoms with van der Waals surface area (Å²) < 4.78 is 5.13. The second-order valence-corrected chi connectivity index (χ2v) is 6.96. The lowest BCUT2D eigenvalue weighted by Crippen LogP contribution is -2.33. The number of hydrogen-bond acceptors (Lipinski definition) is 6. The van der Waals surface area contributed by atoms with E-state index in [1.54, 1.807) is 11.5 Å². The van der Waals surface area contributed by atoms with E-state index in [2.05, 4.69) is 22.2 Å². The third-order valence-electron chi connectivity index (χ3n) is 4.02. The fourth-order valence-corrected chi connectivity index (χ4v) is 3.36. The van der Waals surface area contributed by atoms with Crippen LogP contribution in [0.15, 0.2) is 78.7 Å². The van der Waals surface area contributed by atoms with Gasteiger partial charge in [-0.15, -0.1) is 17.9 Å². The summed E-state index contributed by atoms with van der Waals surface area (Å²) in [5.74, 6) is -1.03. The Kier molecular flexibility index (Phi) is 7.13. The van der Waals surface area contributed by atoms with Crippen LogP contribution in [0.4, 0.5) is 5.13 Å². The van der Waals surface area contributed by atoms with E-state index in [-0.39, 0.29) is 18.3 Å². The number of nitrogens with zero attached hydrogens (tertiary/aromatic N) is 1. The summed E-state index contributed by atoms with van der Waals surface area (Å²) in [6.45, 7) is 3.77. The van der Waals surface area contributed by atoms with Gasteiger partial charge < -0.3 is 15.4 Å². The molecule has 0 saturated carbocycles. The number of esters is 1. The molecule has 6 nitrogen and oxygen atoms in total. The van der Waals surface area contributed by atoms with Gasteiger partial charge in [-0.2, -0.15) is 0 Å². The van der Waals surface area contributed by atoms with Crippen molar-refractivity contribution in [2.45, 2.75) is 6.04 Å². The number of benzene rings is 2. The Morgan fingerprint density at radius 2 is 1.69 bits per heavy atom. The molecule has 0 bridgehead atoms. The van der Waals surface area contributed by atoms with Crippen molar-refractivity contribution in [1.82, 2.24) is 10.3 Å². The largest absolute Gasteiger partial charge is 0.451 e. The predicted molar refractivity (Wildman–Crippen MR) is 114 cm³/mol. The van der Waals surface area contributed by atoms with Crippen LogP contribution in [0.25, 0.3) is 0 Å². The van der Waals surface area contributed by atoms with Gasteiger partial charge >= 0.3 is 5.97 Å². The molecule has 0 saturated heterocycles. The van der Waals surface area contributed by atoms with Gasteiger partial charge in [0.05, 0.1) is 6.04 Å². The molecule has 0 aliphatic carbocycles. The summed E-state index contributed by atoms with van der Waals surface area (Å²) in [6, 6.07) is 18.9. The Morgan fingerprint density at radius 3 is 2.28 bits per heavy atom. The fourth-order valence-electron chi connectivity index (χ4n) is 2.67. The summed E-state index contributed by atoms with van der Waals surface area (Å²) in [7, 11) is 0. The summed E-state index contributed by atoms with van der Waals surface area (Å²) in [5.41, 5.74) is 2.05. The number of aromatic nitrogens is 1. The van der Waals surface area contributed by atoms with Crippen molar-refractivity contribution < 1.29 is 14.3 Å². The zero-order chi connectivity index (χ0) is 20.5. The second-order valence-electron chi connectivity index (χ2n) is 6.11. The quantitative estimate of drug-likeness (QED) is 0.417. The smallest absolute Gasteiger partial charge is 0.358 e. The Balaban J connectivity index is 1.61. The fraction of sp³-hybridized carbons (Fsp3) is 0.136. The highest BCUT2D eigenvalue weighted by Crippen LogP contribution is 2.21. The molecular weight excluding hydrogens is 386 g/mol. The summed E-state index contributed by atoms with van der Waals surface area (Å²) >= 11 is 1.29. The molecule has 7 heteroatoms. The molecule has 1 heterocycles. The zero-order valence-corrected chi connectivity index (χ0v) is 16.5. The lowest BCUT2D eigenvalue weighted by Gasteiger charge is -2.19. The highest BCUT2D eigenvalue weighted by atomic mass is 32.1. The molecule has 1 aromatic heterocycles. The number of nitrogens with one attached hydrogen (secondary N) is 2. The van der Waals surface area contributed by atoms with Gasteiger partial charge in [0.1, 0.15) is 0 Å². The molecule has 2 N–H and O–H groups in total. The molecule has 0 spiro atoms. The maximum absolute atomic E-state index is 12.5. The van der Waals surface area contributed by atoms with Crippen LogP contribution in [0.1, 0.15) is 27.7 Å². The Labute approximate surface area is 173 Å². The molecule has 0 aliphatic rings. The van der Waals surface area contributed by atoms with Gasteiger partial charge in [-0.1, -0.05) is 66.7 Å². The number of ether oxygens (including phenoxy) is 1. The van der Waals surface area contributed by atoms with Gasteiger partial charge in [0.25, 0.3) is 5.91 Å². The Hall–Kier alpha value is -3.45. The molecular formula is C22H21N3O3S. The summed E-state index contributed by atoms with van der Waals surface area (Å²) in [5, 5.41) is 8.11. The van der Waals surface area contributed by atoms with Crippen molar-refractivity contribution >= 4 is 28.3 Å². The molecule has 29 heavy (non-hydrogen) atoms. The predicted octanol–water partition coefficient (Wildman–Crippen LogP) is 3.80. The van der Waals surface area contributed by atoms with Crippen LogP contribution in [0, 0.1) is 0 Å². The van der Waals surface area contributed by atoms with Crippen LogP contribution in [0.5, 0.6) is 0 Å². The SMILES string of the molecule is C=CCNc1nc(C(=O)OCC(=O)NC(c2ccccc2)c2ccccc2)cs1. The number of anilines is 1. The summed E-state index contributed by atoms with van der Waals surface area (Å²) in [4.78, 5) is 28.7. The van der Waals surface area contributed by atoms with Crippen molar-refractivity contribution in [3.8, 4) is 0 Å². The Bertz CT molecular complexity index is 918. The number of amides is 1. The van der Waals surface area contributed by atoms with E-state index in [4.69, 9.17) is 4.74 Å². The first kappa shape index (κ1) is 20.3. The van der Waals surface area contributed by atoms with E-state index in [9.17, 15) is 9.59 Å². The second kappa shape index (κ2) is 10.2. The number of thiazole rings is 1. The third kappa shape index (κ3) is 5.76. The average molecular weight is 407 g/mol. The lowest BCUT2D eigenvalue weighted by molar-refractivity contribution is -0.124. The molecule has 3 rings (SSSR count). The van der Waals surface area contributed by atoms with Crippen molar-refractivity contribution in [3.05, 3.63) is 95.5 Å². The number of hydrogen-bond donors (Lipinski definition) is 2. The van der Waals surface area contributed by atoms with Gasteiger partial charge in [0.15, 0.2) is 17.4 Å². The molecule has 0 atom stereocenters. The minimum Gasteiger partial charge on any atom is -0.451 e. The van der Waals surface area contributed by atoms with Gasteiger partial charge in [-0.25, -0.2) is 9.78 Å². The molecule has 2 aromatic carbocycles. The van der Waals surface area contributed by atoms with Gasteiger partial charge in [-0.05, 0) is 11.1 Å². The first-order chi connectivity index (χ1) is 14.2. The number of rotatable bonds is 9. The van der Waals surface area contributed by atoms with E-state index >= 15 is 0 Å². The lowest BCUT2D eigenvalue weighted by atomic mass is 9.99. The van der Waals surface area contributed by atoms with E-state index in [1.165, 1.54) is 11.3 Å².